The monoisotopic (exact) mass is 276 g/mol. The zero-order valence-corrected chi connectivity index (χ0v) is 10.8. The van der Waals surface area contributed by atoms with Crippen molar-refractivity contribution in [3.05, 3.63) is 28.2 Å². The number of rotatable bonds is 4. The minimum Gasteiger partial charge on any atom is -0.470 e. The molecule has 0 aliphatic rings. The number of nitrogens with two attached hydrogens (primary N) is 2. The van der Waals surface area contributed by atoms with Crippen LogP contribution in [0.25, 0.3) is 11.2 Å². The summed E-state index contributed by atoms with van der Waals surface area (Å²) in [5.41, 5.74) is 13.4. The van der Waals surface area contributed by atoms with Crippen molar-refractivity contribution < 1.29 is 4.74 Å². The van der Waals surface area contributed by atoms with Gasteiger partial charge in [0.25, 0.3) is 0 Å². The predicted molar refractivity (Wildman–Crippen MR) is 72.6 cm³/mol. The van der Waals surface area contributed by atoms with Gasteiger partial charge < -0.3 is 21.2 Å². The van der Waals surface area contributed by atoms with E-state index in [0.717, 1.165) is 10.4 Å². The first-order chi connectivity index (χ1) is 9.26. The van der Waals surface area contributed by atoms with Crippen LogP contribution in [0, 0.1) is 0 Å². The third kappa shape index (κ3) is 2.35. The number of aromatic amines is 1. The smallest absolute Gasteiger partial charge is 0.245 e. The number of nitrogens with one attached hydrogen (secondary N) is 1. The van der Waals surface area contributed by atoms with Crippen molar-refractivity contribution in [3.8, 4) is 5.88 Å². The van der Waals surface area contributed by atoms with Gasteiger partial charge >= 0.3 is 0 Å². The molecule has 0 spiro atoms. The number of imidazole rings is 1. The second-order valence-corrected chi connectivity index (χ2v) is 4.90. The van der Waals surface area contributed by atoms with Gasteiger partial charge in [-0.3, -0.25) is 0 Å². The summed E-state index contributed by atoms with van der Waals surface area (Å²) in [5.74, 6) is 0.547. The Morgan fingerprint density at radius 1 is 1.37 bits per heavy atom. The fourth-order valence-electron chi connectivity index (χ4n) is 1.68. The number of ether oxygens (including phenoxy) is 1. The normalized spacial score (nSPS) is 11.0. The Morgan fingerprint density at radius 2 is 2.26 bits per heavy atom. The van der Waals surface area contributed by atoms with E-state index in [4.69, 9.17) is 16.2 Å². The summed E-state index contributed by atoms with van der Waals surface area (Å²) in [5, 5.41) is 2.01. The molecule has 7 nitrogen and oxygen atoms in total. The number of thiophene rings is 1. The second-order valence-electron chi connectivity index (χ2n) is 3.90. The lowest BCUT2D eigenvalue weighted by Gasteiger charge is -2.04. The molecule has 0 amide bonds. The first-order valence-corrected chi connectivity index (χ1v) is 6.50. The number of anilines is 1. The average molecular weight is 276 g/mol. The van der Waals surface area contributed by atoms with Gasteiger partial charge in [-0.1, -0.05) is 0 Å². The van der Waals surface area contributed by atoms with Crippen molar-refractivity contribution in [1.29, 1.82) is 0 Å². The van der Waals surface area contributed by atoms with Crippen molar-refractivity contribution in [2.75, 3.05) is 5.73 Å². The number of aromatic nitrogens is 4. The molecule has 0 saturated heterocycles. The minimum absolute atomic E-state index is 0.142. The van der Waals surface area contributed by atoms with Gasteiger partial charge in [-0.15, -0.1) is 11.3 Å². The molecule has 3 heterocycles. The fraction of sp³-hybridized carbons (Fsp3) is 0.182. The first-order valence-electron chi connectivity index (χ1n) is 5.62. The Balaban J connectivity index is 1.83. The van der Waals surface area contributed by atoms with Crippen molar-refractivity contribution in [2.24, 2.45) is 5.73 Å². The van der Waals surface area contributed by atoms with Gasteiger partial charge in [-0.05, 0) is 17.0 Å². The quantitative estimate of drug-likeness (QED) is 0.655. The standard InChI is InChI=1S/C11H12N6OS/c12-2-6-1-7(19-4-6)3-18-10-8-9(15-5-14-8)16-11(13)17-10/h1,4-5H,2-3,12H2,(H3,13,14,15,16,17). The zero-order chi connectivity index (χ0) is 13.2. The van der Waals surface area contributed by atoms with E-state index in [1.54, 1.807) is 11.3 Å². The molecule has 3 aromatic heterocycles. The highest BCUT2D eigenvalue weighted by molar-refractivity contribution is 7.10. The minimum atomic E-state index is 0.142. The number of fused-ring (bicyclic) bond motifs is 1. The maximum atomic E-state index is 5.67. The number of nitrogen functional groups attached to an aromatic ring is 1. The topological polar surface area (TPSA) is 116 Å². The molecular formula is C11H12N6OS. The summed E-state index contributed by atoms with van der Waals surface area (Å²) in [4.78, 5) is 16.1. The molecule has 0 aliphatic carbocycles. The van der Waals surface area contributed by atoms with Crippen LogP contribution in [0.1, 0.15) is 10.4 Å². The summed E-state index contributed by atoms with van der Waals surface area (Å²) >= 11 is 1.60. The molecule has 98 valence electrons. The zero-order valence-electron chi connectivity index (χ0n) is 9.96. The van der Waals surface area contributed by atoms with E-state index in [2.05, 4.69) is 19.9 Å². The molecule has 0 aromatic carbocycles. The molecule has 0 aliphatic heterocycles. The molecule has 3 rings (SSSR count). The van der Waals surface area contributed by atoms with Gasteiger partial charge in [0.05, 0.1) is 6.33 Å². The molecule has 0 unspecified atom stereocenters. The van der Waals surface area contributed by atoms with Gasteiger partial charge in [-0.2, -0.15) is 9.97 Å². The molecule has 5 N–H and O–H groups in total. The molecule has 0 radical (unpaired) electrons. The number of nitrogens with zero attached hydrogens (tertiary/aromatic N) is 3. The molecule has 3 aromatic rings. The molecule has 0 bridgehead atoms. The third-order valence-corrected chi connectivity index (χ3v) is 3.52. The van der Waals surface area contributed by atoms with Crippen LogP contribution >= 0.6 is 11.3 Å². The summed E-state index contributed by atoms with van der Waals surface area (Å²) in [7, 11) is 0. The Morgan fingerprint density at radius 3 is 3.05 bits per heavy atom. The van der Waals surface area contributed by atoms with Crippen LogP contribution in [0.3, 0.4) is 0 Å². The van der Waals surface area contributed by atoms with Crippen molar-refractivity contribution in [2.45, 2.75) is 13.2 Å². The van der Waals surface area contributed by atoms with Crippen LogP contribution in [0.15, 0.2) is 17.8 Å². The highest BCUT2D eigenvalue weighted by Gasteiger charge is 2.10. The van der Waals surface area contributed by atoms with Crippen molar-refractivity contribution in [3.63, 3.8) is 0 Å². The summed E-state index contributed by atoms with van der Waals surface area (Å²) in [6, 6.07) is 2.01. The number of hydrogen-bond acceptors (Lipinski definition) is 7. The van der Waals surface area contributed by atoms with E-state index >= 15 is 0 Å². The van der Waals surface area contributed by atoms with Crippen LogP contribution in [-0.2, 0) is 13.2 Å². The second kappa shape index (κ2) is 4.82. The van der Waals surface area contributed by atoms with E-state index in [9.17, 15) is 0 Å². The lowest BCUT2D eigenvalue weighted by atomic mass is 10.3. The lowest BCUT2D eigenvalue weighted by molar-refractivity contribution is 0.301. The largest absolute Gasteiger partial charge is 0.470 e. The maximum Gasteiger partial charge on any atom is 0.245 e. The van der Waals surface area contributed by atoms with E-state index in [1.807, 2.05) is 11.4 Å². The highest BCUT2D eigenvalue weighted by Crippen LogP contribution is 2.22. The molecule has 0 saturated carbocycles. The first kappa shape index (κ1) is 11.9. The van der Waals surface area contributed by atoms with Gasteiger partial charge in [-0.25, -0.2) is 4.98 Å². The SMILES string of the molecule is NCc1csc(COc2nc(N)nc3nc[nH]c23)c1. The summed E-state index contributed by atoms with van der Waals surface area (Å²) in [6.07, 6.45) is 1.53. The molecule has 8 heteroatoms. The molecule has 0 atom stereocenters. The van der Waals surface area contributed by atoms with Gasteiger partial charge in [0.15, 0.2) is 5.65 Å². The molecular weight excluding hydrogens is 264 g/mol. The van der Waals surface area contributed by atoms with Crippen LogP contribution in [0.5, 0.6) is 5.88 Å². The van der Waals surface area contributed by atoms with E-state index in [-0.39, 0.29) is 5.95 Å². The Kier molecular flexibility index (Phi) is 3.02. The van der Waals surface area contributed by atoms with Crippen molar-refractivity contribution >= 4 is 28.4 Å². The molecule has 0 fully saturated rings. The Bertz CT molecular complexity index is 706. The predicted octanol–water partition coefficient (Wildman–Crippen LogP) is 1.03. The van der Waals surface area contributed by atoms with Crippen LogP contribution in [0.2, 0.25) is 0 Å². The van der Waals surface area contributed by atoms with Crippen molar-refractivity contribution in [1.82, 2.24) is 19.9 Å². The number of hydrogen-bond donors (Lipinski definition) is 3. The summed E-state index contributed by atoms with van der Waals surface area (Å²) in [6.45, 7) is 0.941. The Hall–Kier alpha value is -2.19. The van der Waals surface area contributed by atoms with E-state index in [0.29, 0.717) is 30.2 Å². The lowest BCUT2D eigenvalue weighted by Crippen LogP contribution is -2.01. The van der Waals surface area contributed by atoms with E-state index in [1.165, 1.54) is 6.33 Å². The van der Waals surface area contributed by atoms with Gasteiger partial charge in [0.2, 0.25) is 11.8 Å². The molecule has 19 heavy (non-hydrogen) atoms. The van der Waals surface area contributed by atoms with Crippen LogP contribution in [0.4, 0.5) is 5.95 Å². The fourth-order valence-corrected chi connectivity index (χ4v) is 2.49. The van der Waals surface area contributed by atoms with E-state index < -0.39 is 0 Å². The summed E-state index contributed by atoms with van der Waals surface area (Å²) < 4.78 is 5.67. The third-order valence-electron chi connectivity index (χ3n) is 2.56. The number of H-pyrrole nitrogens is 1. The van der Waals surface area contributed by atoms with Gasteiger partial charge in [0.1, 0.15) is 12.1 Å². The van der Waals surface area contributed by atoms with Crippen LogP contribution in [-0.4, -0.2) is 19.9 Å². The maximum absolute atomic E-state index is 5.67. The average Bonchev–Trinajstić information content (AvgIpc) is 3.03. The van der Waals surface area contributed by atoms with Gasteiger partial charge in [0, 0.05) is 11.4 Å². The highest BCUT2D eigenvalue weighted by atomic mass is 32.1. The van der Waals surface area contributed by atoms with Crippen LogP contribution < -0.4 is 16.2 Å². The Labute approximate surface area is 112 Å².